The molecule has 0 unspecified atom stereocenters. The Kier molecular flexibility index (Phi) is 7.17. The highest BCUT2D eigenvalue weighted by atomic mass is 16.2. The summed E-state index contributed by atoms with van der Waals surface area (Å²) in [4.78, 5) is 31.8. The first kappa shape index (κ1) is 21.6. The monoisotopic (exact) mass is 400 g/mol. The molecule has 0 atom stereocenters. The first-order valence-electron chi connectivity index (χ1n) is 11.0. The maximum atomic E-state index is 12.9. The lowest BCUT2D eigenvalue weighted by Gasteiger charge is -2.38. The SMILES string of the molecule is CC(C)NC(=O)C1CCN(C(=O)c2ccc(N3CCN(C(C)C)CC3)cc2)CC1. The molecule has 160 valence electrons. The fraction of sp³-hybridized carbons (Fsp3) is 0.652. The number of rotatable bonds is 5. The maximum Gasteiger partial charge on any atom is 0.253 e. The van der Waals surface area contributed by atoms with Crippen LogP contribution in [0.5, 0.6) is 0 Å². The molecule has 6 heteroatoms. The van der Waals surface area contributed by atoms with Gasteiger partial charge in [-0.3, -0.25) is 14.5 Å². The number of benzene rings is 1. The average Bonchev–Trinajstić information content (AvgIpc) is 2.73. The number of piperidine rings is 1. The summed E-state index contributed by atoms with van der Waals surface area (Å²) in [6, 6.07) is 8.79. The van der Waals surface area contributed by atoms with E-state index in [4.69, 9.17) is 0 Å². The number of hydrogen-bond acceptors (Lipinski definition) is 4. The molecular formula is C23H36N4O2. The Bertz CT molecular complexity index is 685. The summed E-state index contributed by atoms with van der Waals surface area (Å²) in [7, 11) is 0. The van der Waals surface area contributed by atoms with Crippen LogP contribution in [0.25, 0.3) is 0 Å². The van der Waals surface area contributed by atoms with E-state index in [0.29, 0.717) is 19.1 Å². The van der Waals surface area contributed by atoms with Crippen molar-refractivity contribution in [1.82, 2.24) is 15.1 Å². The molecule has 0 radical (unpaired) electrons. The normalized spacial score (nSPS) is 19.1. The molecule has 1 aromatic rings. The summed E-state index contributed by atoms with van der Waals surface area (Å²) < 4.78 is 0. The van der Waals surface area contributed by atoms with Crippen LogP contribution < -0.4 is 10.2 Å². The minimum atomic E-state index is 0.0216. The van der Waals surface area contributed by atoms with Crippen LogP contribution >= 0.6 is 0 Å². The van der Waals surface area contributed by atoms with Crippen molar-refractivity contribution in [3.63, 3.8) is 0 Å². The van der Waals surface area contributed by atoms with Crippen LogP contribution in [0.4, 0.5) is 5.69 Å². The highest BCUT2D eigenvalue weighted by molar-refractivity contribution is 5.94. The second-order valence-electron chi connectivity index (χ2n) is 8.89. The van der Waals surface area contributed by atoms with Crippen LogP contribution in [-0.4, -0.2) is 73.0 Å². The zero-order valence-electron chi connectivity index (χ0n) is 18.4. The first-order chi connectivity index (χ1) is 13.8. The summed E-state index contributed by atoms with van der Waals surface area (Å²) in [5.74, 6) is 0.214. The van der Waals surface area contributed by atoms with Gasteiger partial charge in [0, 0.05) is 68.5 Å². The zero-order chi connectivity index (χ0) is 21.0. The van der Waals surface area contributed by atoms with Crippen molar-refractivity contribution in [1.29, 1.82) is 0 Å². The van der Waals surface area contributed by atoms with E-state index in [-0.39, 0.29) is 23.8 Å². The largest absolute Gasteiger partial charge is 0.369 e. The van der Waals surface area contributed by atoms with Crippen LogP contribution in [0.2, 0.25) is 0 Å². The summed E-state index contributed by atoms with van der Waals surface area (Å²) in [5.41, 5.74) is 1.92. The van der Waals surface area contributed by atoms with E-state index in [9.17, 15) is 9.59 Å². The summed E-state index contributed by atoms with van der Waals surface area (Å²) in [5, 5.41) is 2.98. The Morgan fingerprint density at radius 2 is 1.48 bits per heavy atom. The fourth-order valence-electron chi connectivity index (χ4n) is 4.24. The molecular weight excluding hydrogens is 364 g/mol. The molecule has 0 aliphatic carbocycles. The minimum absolute atomic E-state index is 0.0216. The van der Waals surface area contributed by atoms with Gasteiger partial charge in [0.05, 0.1) is 0 Å². The smallest absolute Gasteiger partial charge is 0.253 e. The molecule has 0 spiro atoms. The van der Waals surface area contributed by atoms with Gasteiger partial charge in [0.25, 0.3) is 5.91 Å². The molecule has 0 saturated carbocycles. The van der Waals surface area contributed by atoms with E-state index in [1.807, 2.05) is 30.9 Å². The van der Waals surface area contributed by atoms with Gasteiger partial charge in [-0.1, -0.05) is 0 Å². The van der Waals surface area contributed by atoms with Gasteiger partial charge in [-0.15, -0.1) is 0 Å². The molecule has 2 amide bonds. The molecule has 0 aromatic heterocycles. The Morgan fingerprint density at radius 1 is 0.897 bits per heavy atom. The molecule has 2 saturated heterocycles. The van der Waals surface area contributed by atoms with Crippen molar-refractivity contribution in [3.05, 3.63) is 29.8 Å². The van der Waals surface area contributed by atoms with Gasteiger partial charge in [-0.05, 0) is 64.8 Å². The Balaban J connectivity index is 1.52. The minimum Gasteiger partial charge on any atom is -0.369 e. The second kappa shape index (κ2) is 9.61. The first-order valence-corrected chi connectivity index (χ1v) is 11.0. The number of likely N-dealkylation sites (tertiary alicyclic amines) is 1. The van der Waals surface area contributed by atoms with Crippen LogP contribution in [-0.2, 0) is 4.79 Å². The number of carbonyl (C=O) groups excluding carboxylic acids is 2. The third-order valence-electron chi connectivity index (χ3n) is 6.11. The predicted octanol–water partition coefficient (Wildman–Crippen LogP) is 2.59. The Labute approximate surface area is 175 Å². The molecule has 2 heterocycles. The average molecular weight is 401 g/mol. The predicted molar refractivity (Wildman–Crippen MR) is 117 cm³/mol. The van der Waals surface area contributed by atoms with Gasteiger partial charge in [0.1, 0.15) is 0 Å². The van der Waals surface area contributed by atoms with E-state index >= 15 is 0 Å². The van der Waals surface area contributed by atoms with Crippen molar-refractivity contribution in [3.8, 4) is 0 Å². The molecule has 2 aliphatic rings. The number of nitrogens with zero attached hydrogens (tertiary/aromatic N) is 3. The summed E-state index contributed by atoms with van der Waals surface area (Å²) >= 11 is 0. The van der Waals surface area contributed by atoms with E-state index in [0.717, 1.165) is 44.6 Å². The third-order valence-corrected chi connectivity index (χ3v) is 6.11. The number of nitrogens with one attached hydrogen (secondary N) is 1. The highest BCUT2D eigenvalue weighted by Crippen LogP contribution is 2.22. The molecule has 3 rings (SSSR count). The van der Waals surface area contributed by atoms with Crippen molar-refractivity contribution in [2.75, 3.05) is 44.2 Å². The second-order valence-corrected chi connectivity index (χ2v) is 8.89. The van der Waals surface area contributed by atoms with Crippen molar-refractivity contribution >= 4 is 17.5 Å². The third kappa shape index (κ3) is 5.50. The molecule has 1 aromatic carbocycles. The van der Waals surface area contributed by atoms with Crippen LogP contribution in [0.1, 0.15) is 50.9 Å². The van der Waals surface area contributed by atoms with E-state index in [2.05, 4.69) is 41.1 Å². The van der Waals surface area contributed by atoms with E-state index < -0.39 is 0 Å². The number of anilines is 1. The van der Waals surface area contributed by atoms with Crippen molar-refractivity contribution < 1.29 is 9.59 Å². The number of carbonyl (C=O) groups is 2. The molecule has 1 N–H and O–H groups in total. The van der Waals surface area contributed by atoms with Crippen LogP contribution in [0.15, 0.2) is 24.3 Å². The quantitative estimate of drug-likeness (QED) is 0.825. The molecule has 29 heavy (non-hydrogen) atoms. The lowest BCUT2D eigenvalue weighted by Crippen LogP contribution is -2.48. The number of hydrogen-bond donors (Lipinski definition) is 1. The molecule has 6 nitrogen and oxygen atoms in total. The Hall–Kier alpha value is -2.08. The number of amides is 2. The van der Waals surface area contributed by atoms with E-state index in [1.54, 1.807) is 0 Å². The fourth-order valence-corrected chi connectivity index (χ4v) is 4.24. The van der Waals surface area contributed by atoms with Crippen molar-refractivity contribution in [2.24, 2.45) is 5.92 Å². The van der Waals surface area contributed by atoms with Gasteiger partial charge in [-0.25, -0.2) is 0 Å². The standard InChI is InChI=1S/C23H36N4O2/c1-17(2)24-22(28)19-9-11-27(12-10-19)23(29)20-5-7-21(8-6-20)26-15-13-25(14-16-26)18(3)4/h5-8,17-19H,9-16H2,1-4H3,(H,24,28). The van der Waals surface area contributed by atoms with Gasteiger partial charge < -0.3 is 15.1 Å². The van der Waals surface area contributed by atoms with E-state index in [1.165, 1.54) is 5.69 Å². The Morgan fingerprint density at radius 3 is 2.00 bits per heavy atom. The van der Waals surface area contributed by atoms with Gasteiger partial charge in [-0.2, -0.15) is 0 Å². The molecule has 2 aliphatic heterocycles. The topological polar surface area (TPSA) is 55.9 Å². The van der Waals surface area contributed by atoms with Gasteiger partial charge in [0.2, 0.25) is 5.91 Å². The lowest BCUT2D eigenvalue weighted by molar-refractivity contribution is -0.126. The van der Waals surface area contributed by atoms with Crippen LogP contribution in [0.3, 0.4) is 0 Å². The maximum absolute atomic E-state index is 12.9. The van der Waals surface area contributed by atoms with Crippen LogP contribution in [0, 0.1) is 5.92 Å². The summed E-state index contributed by atoms with van der Waals surface area (Å²) in [6.07, 6.45) is 1.48. The highest BCUT2D eigenvalue weighted by Gasteiger charge is 2.28. The van der Waals surface area contributed by atoms with Crippen molar-refractivity contribution in [2.45, 2.75) is 52.6 Å². The molecule has 0 bridgehead atoms. The number of piperazine rings is 1. The zero-order valence-corrected chi connectivity index (χ0v) is 18.4. The van der Waals surface area contributed by atoms with Gasteiger partial charge >= 0.3 is 0 Å². The summed E-state index contributed by atoms with van der Waals surface area (Å²) in [6.45, 7) is 14.0. The van der Waals surface area contributed by atoms with Gasteiger partial charge in [0.15, 0.2) is 0 Å². The molecule has 2 fully saturated rings. The lowest BCUT2D eigenvalue weighted by atomic mass is 9.95.